The zero-order valence-corrected chi connectivity index (χ0v) is 17.5. The standard InChI is InChI=1S/C22H30O3Si/c1-17(2)22(25-26(3,4)5)16-24-21(22)19-13-9-10-14-20(19)23-15-18-11-7-6-8-12-18/h6-14,17,21H,15-16H2,1-5H3/t21-,22+/m1/s1. The van der Waals surface area contributed by atoms with E-state index >= 15 is 0 Å². The maximum Gasteiger partial charge on any atom is 0.184 e. The molecule has 1 fully saturated rings. The Morgan fingerprint density at radius 3 is 2.27 bits per heavy atom. The minimum absolute atomic E-state index is 0.0822. The van der Waals surface area contributed by atoms with Crippen LogP contribution in [0.5, 0.6) is 5.75 Å². The van der Waals surface area contributed by atoms with Gasteiger partial charge in [0.2, 0.25) is 0 Å². The fourth-order valence-electron chi connectivity index (χ4n) is 3.49. The molecule has 2 atom stereocenters. The van der Waals surface area contributed by atoms with Crippen LogP contribution >= 0.6 is 0 Å². The molecule has 0 radical (unpaired) electrons. The van der Waals surface area contributed by atoms with Gasteiger partial charge in [-0.25, -0.2) is 0 Å². The van der Waals surface area contributed by atoms with Gasteiger partial charge in [-0.3, -0.25) is 0 Å². The molecule has 0 aromatic heterocycles. The van der Waals surface area contributed by atoms with Crippen LogP contribution in [0.15, 0.2) is 54.6 Å². The molecule has 1 saturated heterocycles. The Hall–Kier alpha value is -1.62. The average Bonchev–Trinajstić information content (AvgIpc) is 2.58. The highest BCUT2D eigenvalue weighted by Crippen LogP contribution is 2.50. The molecule has 0 unspecified atom stereocenters. The van der Waals surface area contributed by atoms with E-state index in [-0.39, 0.29) is 11.7 Å². The van der Waals surface area contributed by atoms with Gasteiger partial charge in [0.25, 0.3) is 0 Å². The second-order valence-electron chi connectivity index (χ2n) is 8.33. The van der Waals surface area contributed by atoms with Crippen molar-refractivity contribution in [1.29, 1.82) is 0 Å². The highest BCUT2D eigenvalue weighted by Gasteiger charge is 2.55. The van der Waals surface area contributed by atoms with Gasteiger partial charge in [-0.1, -0.05) is 62.4 Å². The van der Waals surface area contributed by atoms with Crippen LogP contribution in [0, 0.1) is 5.92 Å². The molecular formula is C22H30O3Si. The molecule has 1 aliphatic rings. The fraction of sp³-hybridized carbons (Fsp3) is 0.455. The molecule has 2 aromatic carbocycles. The smallest absolute Gasteiger partial charge is 0.184 e. The monoisotopic (exact) mass is 370 g/mol. The minimum Gasteiger partial charge on any atom is -0.489 e. The Morgan fingerprint density at radius 1 is 1.04 bits per heavy atom. The lowest BCUT2D eigenvalue weighted by Gasteiger charge is -2.54. The molecule has 1 aliphatic heterocycles. The zero-order chi connectivity index (χ0) is 18.8. The summed E-state index contributed by atoms with van der Waals surface area (Å²) in [6.07, 6.45) is -0.0822. The molecule has 3 rings (SSSR count). The van der Waals surface area contributed by atoms with Gasteiger partial charge < -0.3 is 13.9 Å². The largest absolute Gasteiger partial charge is 0.489 e. The predicted molar refractivity (Wildman–Crippen MR) is 108 cm³/mol. The van der Waals surface area contributed by atoms with Crippen LogP contribution in [0.25, 0.3) is 0 Å². The van der Waals surface area contributed by atoms with E-state index < -0.39 is 8.32 Å². The molecule has 0 spiro atoms. The van der Waals surface area contributed by atoms with Gasteiger partial charge >= 0.3 is 0 Å². The summed E-state index contributed by atoms with van der Waals surface area (Å²) in [6.45, 7) is 12.4. The van der Waals surface area contributed by atoms with Gasteiger partial charge in [0, 0.05) is 5.56 Å². The Kier molecular flexibility index (Phi) is 5.56. The Bertz CT molecular complexity index is 724. The minimum atomic E-state index is -1.71. The average molecular weight is 371 g/mol. The second kappa shape index (κ2) is 7.55. The number of para-hydroxylation sites is 1. The van der Waals surface area contributed by atoms with Crippen molar-refractivity contribution >= 4 is 8.32 Å². The molecular weight excluding hydrogens is 340 g/mol. The summed E-state index contributed by atoms with van der Waals surface area (Å²) in [7, 11) is -1.71. The van der Waals surface area contributed by atoms with E-state index in [1.807, 2.05) is 36.4 Å². The molecule has 2 aromatic rings. The summed E-state index contributed by atoms with van der Waals surface area (Å²) < 4.78 is 18.9. The summed E-state index contributed by atoms with van der Waals surface area (Å²) in [4.78, 5) is 0. The molecule has 1 heterocycles. The van der Waals surface area contributed by atoms with Gasteiger partial charge in [0.1, 0.15) is 24.1 Å². The highest BCUT2D eigenvalue weighted by molar-refractivity contribution is 6.69. The van der Waals surface area contributed by atoms with Crippen molar-refractivity contribution in [1.82, 2.24) is 0 Å². The van der Waals surface area contributed by atoms with Gasteiger partial charge in [0.05, 0.1) is 6.61 Å². The van der Waals surface area contributed by atoms with Gasteiger partial charge in [0.15, 0.2) is 8.32 Å². The van der Waals surface area contributed by atoms with Crippen molar-refractivity contribution in [2.24, 2.45) is 5.92 Å². The summed E-state index contributed by atoms with van der Waals surface area (Å²) in [5.41, 5.74) is 1.98. The first kappa shape index (κ1) is 19.1. The number of hydrogen-bond acceptors (Lipinski definition) is 3. The molecule has 0 bridgehead atoms. The first-order valence-electron chi connectivity index (χ1n) is 9.39. The van der Waals surface area contributed by atoms with Crippen LogP contribution < -0.4 is 4.74 Å². The third-order valence-electron chi connectivity index (χ3n) is 4.83. The van der Waals surface area contributed by atoms with Crippen LogP contribution in [-0.4, -0.2) is 20.5 Å². The Labute approximate surface area is 158 Å². The lowest BCUT2D eigenvalue weighted by Crippen LogP contribution is -2.61. The van der Waals surface area contributed by atoms with Crippen molar-refractivity contribution in [3.05, 3.63) is 65.7 Å². The lowest BCUT2D eigenvalue weighted by molar-refractivity contribution is -0.251. The van der Waals surface area contributed by atoms with Crippen molar-refractivity contribution in [2.45, 2.75) is 51.8 Å². The van der Waals surface area contributed by atoms with Gasteiger partial charge in [-0.05, 0) is 37.2 Å². The van der Waals surface area contributed by atoms with Crippen molar-refractivity contribution in [2.75, 3.05) is 6.61 Å². The fourth-order valence-corrected chi connectivity index (χ4v) is 5.03. The highest BCUT2D eigenvalue weighted by atomic mass is 28.4. The summed E-state index contributed by atoms with van der Waals surface area (Å²) in [6, 6.07) is 18.4. The zero-order valence-electron chi connectivity index (χ0n) is 16.5. The van der Waals surface area contributed by atoms with E-state index in [9.17, 15) is 0 Å². The van der Waals surface area contributed by atoms with Gasteiger partial charge in [-0.15, -0.1) is 0 Å². The first-order valence-corrected chi connectivity index (χ1v) is 12.8. The van der Waals surface area contributed by atoms with E-state index in [0.29, 0.717) is 19.1 Å². The maximum absolute atomic E-state index is 6.67. The predicted octanol–water partition coefficient (Wildman–Crippen LogP) is 5.58. The number of hydrogen-bond donors (Lipinski definition) is 0. The quantitative estimate of drug-likeness (QED) is 0.595. The summed E-state index contributed by atoms with van der Waals surface area (Å²) >= 11 is 0. The van der Waals surface area contributed by atoms with Crippen LogP contribution in [0.2, 0.25) is 19.6 Å². The van der Waals surface area contributed by atoms with Crippen molar-refractivity contribution in [3.8, 4) is 5.75 Å². The molecule has 26 heavy (non-hydrogen) atoms. The van der Waals surface area contributed by atoms with Crippen molar-refractivity contribution < 1.29 is 13.9 Å². The first-order chi connectivity index (χ1) is 12.3. The molecule has 0 N–H and O–H groups in total. The summed E-state index contributed by atoms with van der Waals surface area (Å²) in [5, 5.41) is 0. The van der Waals surface area contributed by atoms with Crippen LogP contribution in [0.4, 0.5) is 0 Å². The topological polar surface area (TPSA) is 27.7 Å². The second-order valence-corrected chi connectivity index (χ2v) is 12.8. The Balaban J connectivity index is 1.84. The molecule has 0 saturated carbocycles. The van der Waals surface area contributed by atoms with Gasteiger partial charge in [-0.2, -0.15) is 0 Å². The normalized spacial score (nSPS) is 22.9. The van der Waals surface area contributed by atoms with E-state index in [1.165, 1.54) is 0 Å². The third kappa shape index (κ3) is 4.03. The number of benzene rings is 2. The lowest BCUT2D eigenvalue weighted by atomic mass is 9.78. The van der Waals surface area contributed by atoms with Crippen LogP contribution in [0.1, 0.15) is 31.1 Å². The molecule has 0 amide bonds. The van der Waals surface area contributed by atoms with Crippen molar-refractivity contribution in [3.63, 3.8) is 0 Å². The molecule has 0 aliphatic carbocycles. The number of ether oxygens (including phenoxy) is 2. The van der Waals surface area contributed by atoms with E-state index in [2.05, 4.69) is 51.7 Å². The summed E-state index contributed by atoms with van der Waals surface area (Å²) in [5.74, 6) is 1.25. The number of rotatable bonds is 7. The van der Waals surface area contributed by atoms with Crippen LogP contribution in [-0.2, 0) is 15.8 Å². The van der Waals surface area contributed by atoms with E-state index in [0.717, 1.165) is 16.9 Å². The van der Waals surface area contributed by atoms with Crippen LogP contribution in [0.3, 0.4) is 0 Å². The molecule has 3 nitrogen and oxygen atoms in total. The SMILES string of the molecule is CC(C)[C@@]1(O[Si](C)(C)C)CO[C@@H]1c1ccccc1OCc1ccccc1. The molecule has 4 heteroatoms. The maximum atomic E-state index is 6.67. The molecule has 140 valence electrons. The van der Waals surface area contributed by atoms with E-state index in [1.54, 1.807) is 0 Å². The Morgan fingerprint density at radius 2 is 1.69 bits per heavy atom. The third-order valence-corrected chi connectivity index (χ3v) is 5.82. The van der Waals surface area contributed by atoms with E-state index in [4.69, 9.17) is 13.9 Å².